The summed E-state index contributed by atoms with van der Waals surface area (Å²) in [7, 11) is 1.72. The second-order valence-electron chi connectivity index (χ2n) is 7.90. The number of methoxy groups -OCH3 is 1. The van der Waals surface area contributed by atoms with E-state index in [1.165, 1.54) is 5.56 Å². The Morgan fingerprint density at radius 2 is 1.70 bits per heavy atom. The lowest BCUT2D eigenvalue weighted by molar-refractivity contribution is -0.147. The highest BCUT2D eigenvalue weighted by Gasteiger charge is 2.39. The van der Waals surface area contributed by atoms with E-state index < -0.39 is 5.54 Å². The van der Waals surface area contributed by atoms with Crippen LogP contribution >= 0.6 is 0 Å². The zero-order valence-electron chi connectivity index (χ0n) is 17.1. The van der Waals surface area contributed by atoms with Crippen molar-refractivity contribution in [2.45, 2.75) is 32.4 Å². The van der Waals surface area contributed by atoms with E-state index in [4.69, 9.17) is 9.47 Å². The monoisotopic (exact) mass is 375 g/mol. The fourth-order valence-electron chi connectivity index (χ4n) is 4.17. The quantitative estimate of drug-likeness (QED) is 0.788. The molecule has 2 fully saturated rings. The third-order valence-electron chi connectivity index (χ3n) is 6.06. The van der Waals surface area contributed by atoms with Crippen LogP contribution in [0.2, 0.25) is 0 Å². The Morgan fingerprint density at radius 1 is 1.07 bits per heavy atom. The molecule has 1 aromatic carbocycles. The van der Waals surface area contributed by atoms with Gasteiger partial charge in [0.05, 0.1) is 25.9 Å². The summed E-state index contributed by atoms with van der Waals surface area (Å²) in [4.78, 5) is 19.9. The van der Waals surface area contributed by atoms with Crippen LogP contribution in [0.3, 0.4) is 0 Å². The Hall–Kier alpha value is -1.63. The second kappa shape index (κ2) is 8.59. The highest BCUT2D eigenvalue weighted by atomic mass is 16.5. The van der Waals surface area contributed by atoms with Gasteiger partial charge >= 0.3 is 0 Å². The molecule has 2 aliphatic heterocycles. The van der Waals surface area contributed by atoms with Crippen LogP contribution in [-0.2, 0) is 9.53 Å². The minimum Gasteiger partial charge on any atom is -0.496 e. The van der Waals surface area contributed by atoms with Gasteiger partial charge in [0.25, 0.3) is 0 Å². The molecular formula is C21H33N3O3. The largest absolute Gasteiger partial charge is 0.496 e. The van der Waals surface area contributed by atoms with Crippen molar-refractivity contribution in [2.75, 3.05) is 59.6 Å². The Balaban J connectivity index is 1.60. The molecule has 0 bridgehead atoms. The van der Waals surface area contributed by atoms with Crippen LogP contribution in [0, 0.1) is 0 Å². The van der Waals surface area contributed by atoms with Crippen molar-refractivity contribution in [3.8, 4) is 5.75 Å². The van der Waals surface area contributed by atoms with E-state index in [0.29, 0.717) is 13.2 Å². The summed E-state index contributed by atoms with van der Waals surface area (Å²) in [6.07, 6.45) is 0. The van der Waals surface area contributed by atoms with Gasteiger partial charge in [-0.3, -0.25) is 14.6 Å². The van der Waals surface area contributed by atoms with Gasteiger partial charge in [0.2, 0.25) is 5.91 Å². The van der Waals surface area contributed by atoms with E-state index in [1.807, 2.05) is 30.9 Å². The van der Waals surface area contributed by atoms with Gasteiger partial charge in [0.15, 0.2) is 0 Å². The number of benzene rings is 1. The minimum atomic E-state index is -0.472. The molecule has 0 saturated carbocycles. The van der Waals surface area contributed by atoms with E-state index in [1.54, 1.807) is 7.11 Å². The molecule has 2 saturated heterocycles. The number of para-hydroxylation sites is 1. The molecule has 1 amide bonds. The molecule has 2 aliphatic rings. The number of rotatable bonds is 5. The van der Waals surface area contributed by atoms with Crippen molar-refractivity contribution in [2.24, 2.45) is 0 Å². The Labute approximate surface area is 163 Å². The molecule has 1 aromatic rings. The van der Waals surface area contributed by atoms with Crippen molar-refractivity contribution < 1.29 is 14.3 Å². The summed E-state index contributed by atoms with van der Waals surface area (Å²) in [5, 5.41) is 0. The molecule has 6 nitrogen and oxygen atoms in total. The molecule has 6 heteroatoms. The molecule has 27 heavy (non-hydrogen) atoms. The number of nitrogens with zero attached hydrogens (tertiary/aromatic N) is 3. The van der Waals surface area contributed by atoms with E-state index >= 15 is 0 Å². The first-order valence-corrected chi connectivity index (χ1v) is 9.94. The lowest BCUT2D eigenvalue weighted by atomic mass is 9.99. The zero-order chi connectivity index (χ0) is 19.4. The number of ether oxygens (including phenoxy) is 2. The lowest BCUT2D eigenvalue weighted by Crippen LogP contribution is -2.61. The number of hydrogen-bond donors (Lipinski definition) is 0. The number of carbonyl (C=O) groups excluding carboxylic acids is 1. The van der Waals surface area contributed by atoms with Crippen molar-refractivity contribution in [1.29, 1.82) is 0 Å². The molecule has 0 aromatic heterocycles. The summed E-state index contributed by atoms with van der Waals surface area (Å²) in [5.74, 6) is 1.16. The average molecular weight is 376 g/mol. The van der Waals surface area contributed by atoms with Crippen molar-refractivity contribution in [3.05, 3.63) is 29.8 Å². The predicted octanol–water partition coefficient (Wildman–Crippen LogP) is 2.01. The highest BCUT2D eigenvalue weighted by molar-refractivity contribution is 5.85. The van der Waals surface area contributed by atoms with Crippen LogP contribution in [0.1, 0.15) is 32.4 Å². The van der Waals surface area contributed by atoms with Crippen LogP contribution in [0.15, 0.2) is 24.3 Å². The summed E-state index contributed by atoms with van der Waals surface area (Å²) in [6, 6.07) is 8.46. The maximum absolute atomic E-state index is 13.2. The Kier molecular flexibility index (Phi) is 6.40. The van der Waals surface area contributed by atoms with Crippen LogP contribution in [0.25, 0.3) is 0 Å². The first-order chi connectivity index (χ1) is 12.9. The van der Waals surface area contributed by atoms with Gasteiger partial charge < -0.3 is 14.4 Å². The Morgan fingerprint density at radius 3 is 2.33 bits per heavy atom. The molecule has 0 N–H and O–H groups in total. The topological polar surface area (TPSA) is 45.2 Å². The summed E-state index contributed by atoms with van der Waals surface area (Å²) >= 11 is 0. The Bertz CT molecular complexity index is 635. The fraction of sp³-hybridized carbons (Fsp3) is 0.667. The minimum absolute atomic E-state index is 0.231. The lowest BCUT2D eigenvalue weighted by Gasteiger charge is -2.45. The number of piperazine rings is 1. The van der Waals surface area contributed by atoms with Gasteiger partial charge in [-0.2, -0.15) is 0 Å². The molecule has 0 spiro atoms. The van der Waals surface area contributed by atoms with Crippen LogP contribution in [0.5, 0.6) is 5.75 Å². The number of carbonyl (C=O) groups is 1. The first kappa shape index (κ1) is 20.1. The van der Waals surface area contributed by atoms with Gasteiger partial charge in [0, 0.05) is 50.9 Å². The van der Waals surface area contributed by atoms with E-state index in [9.17, 15) is 4.79 Å². The van der Waals surface area contributed by atoms with Crippen LogP contribution in [0.4, 0.5) is 0 Å². The van der Waals surface area contributed by atoms with Gasteiger partial charge in [-0.05, 0) is 26.8 Å². The maximum atomic E-state index is 13.2. The van der Waals surface area contributed by atoms with E-state index in [0.717, 1.165) is 45.0 Å². The van der Waals surface area contributed by atoms with Crippen molar-refractivity contribution >= 4 is 5.91 Å². The second-order valence-corrected chi connectivity index (χ2v) is 7.90. The van der Waals surface area contributed by atoms with E-state index in [-0.39, 0.29) is 11.9 Å². The molecule has 0 aliphatic carbocycles. The highest BCUT2D eigenvalue weighted by Crippen LogP contribution is 2.30. The van der Waals surface area contributed by atoms with Gasteiger partial charge in [0.1, 0.15) is 5.75 Å². The normalized spacial score (nSPS) is 21.1. The molecule has 2 heterocycles. The number of morpholine rings is 1. The molecule has 150 valence electrons. The van der Waals surface area contributed by atoms with Gasteiger partial charge in [-0.1, -0.05) is 18.2 Å². The number of hydrogen-bond acceptors (Lipinski definition) is 5. The fourth-order valence-corrected chi connectivity index (χ4v) is 4.17. The average Bonchev–Trinajstić information content (AvgIpc) is 2.73. The van der Waals surface area contributed by atoms with Crippen molar-refractivity contribution in [3.63, 3.8) is 0 Å². The SMILES string of the molecule is COc1ccccc1C(C)N1CCN(C(=O)C(C)(C)N2CCOCC2)CC1. The maximum Gasteiger partial charge on any atom is 0.242 e. The zero-order valence-corrected chi connectivity index (χ0v) is 17.1. The van der Waals surface area contributed by atoms with Gasteiger partial charge in [-0.25, -0.2) is 0 Å². The third kappa shape index (κ3) is 4.28. The van der Waals surface area contributed by atoms with Crippen molar-refractivity contribution in [1.82, 2.24) is 14.7 Å². The van der Waals surface area contributed by atoms with Crippen LogP contribution < -0.4 is 4.74 Å². The molecular weight excluding hydrogens is 342 g/mol. The summed E-state index contributed by atoms with van der Waals surface area (Å²) in [6.45, 7) is 12.7. The third-order valence-corrected chi connectivity index (χ3v) is 6.06. The summed E-state index contributed by atoms with van der Waals surface area (Å²) in [5.41, 5.74) is 0.730. The summed E-state index contributed by atoms with van der Waals surface area (Å²) < 4.78 is 11.0. The van der Waals surface area contributed by atoms with Crippen LogP contribution in [-0.4, -0.2) is 85.7 Å². The molecule has 3 rings (SSSR count). The predicted molar refractivity (Wildman–Crippen MR) is 106 cm³/mol. The molecule has 1 unspecified atom stereocenters. The molecule has 1 atom stereocenters. The van der Waals surface area contributed by atoms with E-state index in [2.05, 4.69) is 28.9 Å². The smallest absolute Gasteiger partial charge is 0.242 e. The van der Waals surface area contributed by atoms with Gasteiger partial charge in [-0.15, -0.1) is 0 Å². The molecule has 0 radical (unpaired) electrons. The number of amides is 1. The standard InChI is InChI=1S/C21H33N3O3/c1-17(18-7-5-6-8-19(18)26-4)22-9-11-23(12-10-22)20(25)21(2,3)24-13-15-27-16-14-24/h5-8,17H,9-16H2,1-4H3. The first-order valence-electron chi connectivity index (χ1n) is 9.94.